The van der Waals surface area contributed by atoms with Crippen LogP contribution in [0, 0.1) is 11.2 Å². The van der Waals surface area contributed by atoms with Crippen LogP contribution in [0.1, 0.15) is 42.4 Å². The summed E-state index contributed by atoms with van der Waals surface area (Å²) in [6, 6.07) is 9.35. The Morgan fingerprint density at radius 2 is 2.05 bits per heavy atom. The maximum Gasteiger partial charge on any atom is 0.246 e. The molecular weight excluding hydrogens is 563 g/mol. The fourth-order valence-electron chi connectivity index (χ4n) is 8.52. The third-order valence-electron chi connectivity index (χ3n) is 9.95. The highest BCUT2D eigenvalue weighted by atomic mass is 32.2. The Balaban J connectivity index is 1.29. The summed E-state index contributed by atoms with van der Waals surface area (Å²) >= 11 is 0. The van der Waals surface area contributed by atoms with Gasteiger partial charge in [-0.25, -0.2) is 12.8 Å². The summed E-state index contributed by atoms with van der Waals surface area (Å²) < 4.78 is 54.1. The second-order valence-corrected chi connectivity index (χ2v) is 14.0. The number of phenolic OH excluding ortho intramolecular Hbond substituents is 1. The number of aromatic hydroxyl groups is 1. The van der Waals surface area contributed by atoms with Crippen molar-refractivity contribution in [1.82, 2.24) is 9.62 Å². The average molecular weight is 595 g/mol. The topological polar surface area (TPSA) is 129 Å². The lowest BCUT2D eigenvalue weighted by molar-refractivity contribution is -0.129. The number of aliphatic hydroxyl groups is 1. The van der Waals surface area contributed by atoms with E-state index in [0.717, 1.165) is 17.2 Å². The molecule has 2 saturated carbocycles. The molecule has 2 bridgehead atoms. The predicted octanol–water partition coefficient (Wildman–Crippen LogP) is 3.50. The third kappa shape index (κ3) is 3.59. The molecule has 3 N–H and O–H groups in total. The zero-order chi connectivity index (χ0) is 29.5. The highest BCUT2D eigenvalue weighted by Gasteiger charge is 2.80. The summed E-state index contributed by atoms with van der Waals surface area (Å²) in [7, 11) is -2.82. The van der Waals surface area contributed by atoms with Crippen molar-refractivity contribution in [3.8, 4) is 11.5 Å². The summed E-state index contributed by atoms with van der Waals surface area (Å²) in [4.78, 5) is 12.5. The standard InChI is InChI=1S/C31H31FN2O7S/c1-40-23-8-7-20-14-29-17-30(26(20)27(23)36)15-21(33-25(35)9-6-19-11-13-41-16-19)10-12-31(30,37)28(29)34(18-29)42(38,39)24-5-3-2-4-22(24)32/h2-9,11,13,16,21,28,36-37H,10,12,14-15,17-18H2,1H3,(H,33,35)/b9-6+. The maximum absolute atomic E-state index is 14.8. The van der Waals surface area contributed by atoms with Crippen LogP contribution in [0.2, 0.25) is 0 Å². The molecule has 1 saturated heterocycles. The molecule has 1 aliphatic heterocycles. The molecule has 2 spiro atoms. The van der Waals surface area contributed by atoms with Gasteiger partial charge in [0, 0.05) is 40.6 Å². The average Bonchev–Trinajstić information content (AvgIpc) is 3.50. The van der Waals surface area contributed by atoms with E-state index in [9.17, 15) is 27.8 Å². The predicted molar refractivity (Wildman–Crippen MR) is 150 cm³/mol. The Hall–Kier alpha value is -3.67. The van der Waals surface area contributed by atoms with E-state index in [1.54, 1.807) is 18.2 Å². The molecule has 5 atom stereocenters. The maximum atomic E-state index is 14.8. The Morgan fingerprint density at radius 3 is 2.79 bits per heavy atom. The minimum Gasteiger partial charge on any atom is -0.504 e. The molecule has 4 aliphatic rings. The molecule has 7 rings (SSSR count). The monoisotopic (exact) mass is 594 g/mol. The number of amides is 1. The molecule has 3 aromatic rings. The molecule has 3 aliphatic carbocycles. The number of furan rings is 1. The van der Waals surface area contributed by atoms with Gasteiger partial charge in [0.1, 0.15) is 10.7 Å². The molecule has 2 aromatic carbocycles. The first kappa shape index (κ1) is 27.2. The van der Waals surface area contributed by atoms with Crippen molar-refractivity contribution >= 4 is 22.0 Å². The van der Waals surface area contributed by atoms with Gasteiger partial charge in [-0.15, -0.1) is 0 Å². The minimum atomic E-state index is -4.27. The van der Waals surface area contributed by atoms with Crippen molar-refractivity contribution in [3.05, 3.63) is 83.6 Å². The molecule has 2 heterocycles. The summed E-state index contributed by atoms with van der Waals surface area (Å²) in [5.41, 5.74) is -1.16. The van der Waals surface area contributed by atoms with E-state index in [1.807, 2.05) is 6.07 Å². The van der Waals surface area contributed by atoms with Crippen LogP contribution in [-0.4, -0.2) is 60.2 Å². The molecule has 3 fully saturated rings. The fraction of sp³-hybridized carbons (Fsp3) is 0.387. The highest BCUT2D eigenvalue weighted by Crippen LogP contribution is 2.73. The number of sulfonamides is 1. The number of phenols is 1. The number of hydrogen-bond donors (Lipinski definition) is 3. The van der Waals surface area contributed by atoms with Crippen molar-refractivity contribution in [2.75, 3.05) is 13.7 Å². The van der Waals surface area contributed by atoms with Gasteiger partial charge in [0.15, 0.2) is 11.5 Å². The normalized spacial score (nSPS) is 31.6. The van der Waals surface area contributed by atoms with Crippen LogP contribution < -0.4 is 10.1 Å². The number of halogens is 1. The lowest BCUT2D eigenvalue weighted by Gasteiger charge is -2.57. The highest BCUT2D eigenvalue weighted by molar-refractivity contribution is 7.89. The minimum absolute atomic E-state index is 0.0834. The van der Waals surface area contributed by atoms with Gasteiger partial charge in [0.25, 0.3) is 0 Å². The van der Waals surface area contributed by atoms with E-state index < -0.39 is 43.2 Å². The van der Waals surface area contributed by atoms with E-state index in [4.69, 9.17) is 9.15 Å². The number of carbonyl (C=O) groups excluding carboxylic acids is 1. The smallest absolute Gasteiger partial charge is 0.246 e. The number of rotatable bonds is 6. The van der Waals surface area contributed by atoms with Crippen LogP contribution in [0.15, 0.2) is 70.4 Å². The van der Waals surface area contributed by atoms with Crippen molar-refractivity contribution < 1.29 is 37.0 Å². The van der Waals surface area contributed by atoms with E-state index in [-0.39, 0.29) is 42.8 Å². The number of methoxy groups -OCH3 is 1. The second kappa shape index (κ2) is 9.16. The number of hydrogen-bond acceptors (Lipinski definition) is 7. The van der Waals surface area contributed by atoms with E-state index >= 15 is 0 Å². The molecule has 9 nitrogen and oxygen atoms in total. The van der Waals surface area contributed by atoms with E-state index in [1.165, 1.54) is 48.2 Å². The van der Waals surface area contributed by atoms with Crippen LogP contribution in [0.25, 0.3) is 6.08 Å². The van der Waals surface area contributed by atoms with Gasteiger partial charge in [-0.1, -0.05) is 18.2 Å². The van der Waals surface area contributed by atoms with Gasteiger partial charge in [0.2, 0.25) is 15.9 Å². The molecule has 220 valence electrons. The summed E-state index contributed by atoms with van der Waals surface area (Å²) in [6.07, 6.45) is 7.80. The zero-order valence-electron chi connectivity index (χ0n) is 22.9. The van der Waals surface area contributed by atoms with Gasteiger partial charge in [-0.3, -0.25) is 4.79 Å². The Bertz CT molecular complexity index is 1720. The SMILES string of the molecule is COc1ccc2c(c1O)C13CC(NC(=O)/C=C/c4ccoc4)CCC1(O)C1N(S(=O)(=O)c4ccccc4F)CC1(C2)C3. The first-order valence-corrected chi connectivity index (χ1v) is 15.4. The van der Waals surface area contributed by atoms with Crippen LogP contribution in [0.5, 0.6) is 11.5 Å². The third-order valence-corrected chi connectivity index (χ3v) is 11.8. The van der Waals surface area contributed by atoms with E-state index in [0.29, 0.717) is 24.8 Å². The quantitative estimate of drug-likeness (QED) is 0.373. The van der Waals surface area contributed by atoms with Crippen LogP contribution in [-0.2, 0) is 26.7 Å². The number of carbonyl (C=O) groups is 1. The Morgan fingerprint density at radius 1 is 1.24 bits per heavy atom. The van der Waals surface area contributed by atoms with Gasteiger partial charge in [0.05, 0.1) is 31.3 Å². The number of nitrogens with one attached hydrogen (secondary N) is 1. The second-order valence-electron chi connectivity index (χ2n) is 12.1. The van der Waals surface area contributed by atoms with Gasteiger partial charge >= 0.3 is 0 Å². The van der Waals surface area contributed by atoms with Crippen LogP contribution in [0.3, 0.4) is 0 Å². The van der Waals surface area contributed by atoms with E-state index in [2.05, 4.69) is 5.32 Å². The van der Waals surface area contributed by atoms with Gasteiger partial charge in [-0.05, 0) is 68.0 Å². The van der Waals surface area contributed by atoms with Crippen LogP contribution in [0.4, 0.5) is 4.39 Å². The van der Waals surface area contributed by atoms with Crippen molar-refractivity contribution in [1.29, 1.82) is 0 Å². The zero-order valence-corrected chi connectivity index (χ0v) is 23.7. The number of benzene rings is 2. The first-order valence-electron chi connectivity index (χ1n) is 13.9. The Kier molecular flexibility index (Phi) is 5.93. The van der Waals surface area contributed by atoms with Gasteiger partial charge in [-0.2, -0.15) is 4.31 Å². The fourth-order valence-corrected chi connectivity index (χ4v) is 10.4. The first-order chi connectivity index (χ1) is 20.0. The molecular formula is C31H31FN2O7S. The molecule has 11 heteroatoms. The lowest BCUT2D eigenvalue weighted by Crippen LogP contribution is -2.72. The number of nitrogens with zero attached hydrogens (tertiary/aromatic N) is 1. The number of fused-ring (bicyclic) bond motifs is 2. The van der Waals surface area contributed by atoms with Crippen molar-refractivity contribution in [2.24, 2.45) is 5.41 Å². The molecule has 5 unspecified atom stereocenters. The Labute approximate surface area is 242 Å². The van der Waals surface area contributed by atoms with Gasteiger partial charge < -0.3 is 24.7 Å². The summed E-state index contributed by atoms with van der Waals surface area (Å²) in [6.45, 7) is 0.120. The summed E-state index contributed by atoms with van der Waals surface area (Å²) in [5, 5.41) is 27.2. The van der Waals surface area contributed by atoms with Crippen molar-refractivity contribution in [2.45, 2.75) is 60.1 Å². The lowest BCUT2D eigenvalue weighted by atomic mass is 9.57. The number of ether oxygens (including phenoxy) is 1. The largest absolute Gasteiger partial charge is 0.504 e. The molecule has 1 amide bonds. The van der Waals surface area contributed by atoms with Crippen LogP contribution >= 0.6 is 0 Å². The van der Waals surface area contributed by atoms with Crippen molar-refractivity contribution in [3.63, 3.8) is 0 Å². The molecule has 42 heavy (non-hydrogen) atoms. The molecule has 0 radical (unpaired) electrons. The molecule has 1 aromatic heterocycles. The summed E-state index contributed by atoms with van der Waals surface area (Å²) in [5.74, 6) is -0.985.